The Morgan fingerprint density at radius 3 is 2.78 bits per heavy atom. The van der Waals surface area contributed by atoms with E-state index in [2.05, 4.69) is 51.2 Å². The minimum Gasteiger partial charge on any atom is -0.461 e. The lowest BCUT2D eigenvalue weighted by Gasteiger charge is -2.09. The standard InChI is InChI=1S/C16H25NO/c1-5-13(10-17-11(2)3)9-14-6-7-16(18-14)15-8-12(15)4/h6-7,9,11-12,15,17H,5,8,10H2,1-4H3. The van der Waals surface area contributed by atoms with Crippen molar-refractivity contribution in [2.45, 2.75) is 52.5 Å². The van der Waals surface area contributed by atoms with Crippen molar-refractivity contribution >= 4 is 6.08 Å². The SMILES string of the molecule is CCC(=Cc1ccc(C2CC2C)o1)CNC(C)C. The van der Waals surface area contributed by atoms with Gasteiger partial charge in [0.1, 0.15) is 11.5 Å². The van der Waals surface area contributed by atoms with Gasteiger partial charge in [-0.1, -0.05) is 33.3 Å². The molecule has 1 N–H and O–H groups in total. The average molecular weight is 247 g/mol. The Morgan fingerprint density at radius 2 is 2.22 bits per heavy atom. The van der Waals surface area contributed by atoms with E-state index in [0.29, 0.717) is 12.0 Å². The predicted molar refractivity (Wildman–Crippen MR) is 76.6 cm³/mol. The summed E-state index contributed by atoms with van der Waals surface area (Å²) in [6.45, 7) is 9.77. The summed E-state index contributed by atoms with van der Waals surface area (Å²) in [6.07, 6.45) is 4.54. The van der Waals surface area contributed by atoms with Crippen molar-refractivity contribution in [3.05, 3.63) is 29.2 Å². The van der Waals surface area contributed by atoms with Crippen molar-refractivity contribution in [2.24, 2.45) is 5.92 Å². The Bertz CT molecular complexity index is 416. The van der Waals surface area contributed by atoms with Crippen LogP contribution in [0.3, 0.4) is 0 Å². The molecule has 0 spiro atoms. The van der Waals surface area contributed by atoms with E-state index in [1.807, 2.05) is 0 Å². The van der Waals surface area contributed by atoms with Crippen LogP contribution in [-0.2, 0) is 0 Å². The zero-order valence-electron chi connectivity index (χ0n) is 12.0. The van der Waals surface area contributed by atoms with Gasteiger partial charge in [0.25, 0.3) is 0 Å². The molecule has 2 rings (SSSR count). The van der Waals surface area contributed by atoms with Gasteiger partial charge >= 0.3 is 0 Å². The normalized spacial score (nSPS) is 23.7. The summed E-state index contributed by atoms with van der Waals surface area (Å²) in [5.41, 5.74) is 1.40. The minimum absolute atomic E-state index is 0.527. The fourth-order valence-corrected chi connectivity index (χ4v) is 2.18. The lowest BCUT2D eigenvalue weighted by atomic mass is 10.1. The zero-order valence-corrected chi connectivity index (χ0v) is 12.0. The first kappa shape index (κ1) is 13.4. The molecule has 1 aromatic heterocycles. The number of hydrogen-bond acceptors (Lipinski definition) is 2. The first-order chi connectivity index (χ1) is 8.60. The van der Waals surface area contributed by atoms with Crippen molar-refractivity contribution < 1.29 is 4.42 Å². The molecule has 0 amide bonds. The summed E-state index contributed by atoms with van der Waals surface area (Å²) in [6, 6.07) is 4.77. The maximum atomic E-state index is 5.91. The third kappa shape index (κ3) is 3.49. The first-order valence-electron chi connectivity index (χ1n) is 7.12. The quantitative estimate of drug-likeness (QED) is 0.815. The molecule has 0 aromatic carbocycles. The molecular formula is C16H25NO. The van der Waals surface area contributed by atoms with E-state index in [1.54, 1.807) is 0 Å². The Morgan fingerprint density at radius 1 is 1.50 bits per heavy atom. The van der Waals surface area contributed by atoms with Gasteiger partial charge in [0.05, 0.1) is 0 Å². The van der Waals surface area contributed by atoms with Crippen LogP contribution in [0.4, 0.5) is 0 Å². The minimum atomic E-state index is 0.527. The van der Waals surface area contributed by atoms with Crippen LogP contribution in [0, 0.1) is 5.92 Å². The maximum Gasteiger partial charge on any atom is 0.127 e. The van der Waals surface area contributed by atoms with E-state index < -0.39 is 0 Å². The van der Waals surface area contributed by atoms with Crippen LogP contribution in [-0.4, -0.2) is 12.6 Å². The van der Waals surface area contributed by atoms with Crippen molar-refractivity contribution in [1.82, 2.24) is 5.32 Å². The zero-order chi connectivity index (χ0) is 13.1. The Balaban J connectivity index is 1.98. The van der Waals surface area contributed by atoms with E-state index in [4.69, 9.17) is 4.42 Å². The second kappa shape index (κ2) is 5.75. The summed E-state index contributed by atoms with van der Waals surface area (Å²) in [4.78, 5) is 0. The van der Waals surface area contributed by atoms with Crippen LogP contribution in [0.15, 0.2) is 22.1 Å². The van der Waals surface area contributed by atoms with E-state index in [1.165, 1.54) is 17.8 Å². The van der Waals surface area contributed by atoms with Gasteiger partial charge in [-0.15, -0.1) is 0 Å². The van der Waals surface area contributed by atoms with E-state index >= 15 is 0 Å². The van der Waals surface area contributed by atoms with Gasteiger partial charge in [0.2, 0.25) is 0 Å². The molecular weight excluding hydrogens is 222 g/mol. The van der Waals surface area contributed by atoms with Crippen molar-refractivity contribution in [2.75, 3.05) is 6.54 Å². The molecule has 100 valence electrons. The lowest BCUT2D eigenvalue weighted by Crippen LogP contribution is -2.24. The highest BCUT2D eigenvalue weighted by Crippen LogP contribution is 2.47. The molecule has 0 radical (unpaired) electrons. The second-order valence-corrected chi connectivity index (χ2v) is 5.75. The van der Waals surface area contributed by atoms with Crippen LogP contribution in [0.25, 0.3) is 6.08 Å². The predicted octanol–water partition coefficient (Wildman–Crippen LogP) is 4.19. The van der Waals surface area contributed by atoms with Gasteiger partial charge in [0, 0.05) is 18.5 Å². The van der Waals surface area contributed by atoms with Gasteiger partial charge in [0.15, 0.2) is 0 Å². The molecule has 18 heavy (non-hydrogen) atoms. The third-order valence-electron chi connectivity index (χ3n) is 3.66. The molecule has 1 aliphatic rings. The monoisotopic (exact) mass is 247 g/mol. The molecule has 2 nitrogen and oxygen atoms in total. The largest absolute Gasteiger partial charge is 0.461 e. The molecule has 0 bridgehead atoms. The van der Waals surface area contributed by atoms with Gasteiger partial charge in [-0.3, -0.25) is 0 Å². The first-order valence-corrected chi connectivity index (χ1v) is 7.12. The number of nitrogens with one attached hydrogen (secondary N) is 1. The fourth-order valence-electron chi connectivity index (χ4n) is 2.18. The number of furan rings is 1. The van der Waals surface area contributed by atoms with Gasteiger partial charge in [-0.2, -0.15) is 0 Å². The lowest BCUT2D eigenvalue weighted by molar-refractivity contribution is 0.497. The maximum absolute atomic E-state index is 5.91. The molecule has 2 heteroatoms. The highest BCUT2D eigenvalue weighted by Gasteiger charge is 2.36. The van der Waals surface area contributed by atoms with E-state index in [-0.39, 0.29) is 0 Å². The smallest absolute Gasteiger partial charge is 0.127 e. The van der Waals surface area contributed by atoms with Crippen LogP contribution >= 0.6 is 0 Å². The van der Waals surface area contributed by atoms with Crippen LogP contribution < -0.4 is 5.32 Å². The Hall–Kier alpha value is -1.02. The summed E-state index contributed by atoms with van der Waals surface area (Å²) in [5, 5.41) is 3.46. The molecule has 1 aromatic rings. The van der Waals surface area contributed by atoms with Gasteiger partial charge in [-0.25, -0.2) is 0 Å². The summed E-state index contributed by atoms with van der Waals surface area (Å²) < 4.78 is 5.91. The Kier molecular flexibility index (Phi) is 4.28. The van der Waals surface area contributed by atoms with E-state index in [9.17, 15) is 0 Å². The topological polar surface area (TPSA) is 25.2 Å². The number of hydrogen-bond donors (Lipinski definition) is 1. The highest BCUT2D eigenvalue weighted by atomic mass is 16.3. The molecule has 2 atom stereocenters. The molecule has 1 saturated carbocycles. The number of rotatable bonds is 6. The van der Waals surface area contributed by atoms with Crippen LogP contribution in [0.5, 0.6) is 0 Å². The highest BCUT2D eigenvalue weighted by molar-refractivity contribution is 5.48. The summed E-state index contributed by atoms with van der Waals surface area (Å²) in [7, 11) is 0. The molecule has 1 fully saturated rings. The fraction of sp³-hybridized carbons (Fsp3) is 0.625. The van der Waals surface area contributed by atoms with Crippen molar-refractivity contribution in [1.29, 1.82) is 0 Å². The van der Waals surface area contributed by atoms with Gasteiger partial charge in [-0.05, 0) is 37.0 Å². The van der Waals surface area contributed by atoms with Gasteiger partial charge < -0.3 is 9.73 Å². The van der Waals surface area contributed by atoms with Crippen molar-refractivity contribution in [3.8, 4) is 0 Å². The molecule has 1 aliphatic carbocycles. The Labute approximate surface area is 110 Å². The van der Waals surface area contributed by atoms with Crippen LogP contribution in [0.2, 0.25) is 0 Å². The summed E-state index contributed by atoms with van der Waals surface area (Å²) >= 11 is 0. The molecule has 0 aliphatic heterocycles. The summed E-state index contributed by atoms with van der Waals surface area (Å²) in [5.74, 6) is 3.65. The van der Waals surface area contributed by atoms with Crippen molar-refractivity contribution in [3.63, 3.8) is 0 Å². The van der Waals surface area contributed by atoms with Crippen LogP contribution in [0.1, 0.15) is 58.0 Å². The molecule has 2 unspecified atom stereocenters. The molecule has 0 saturated heterocycles. The van der Waals surface area contributed by atoms with E-state index in [0.717, 1.165) is 24.6 Å². The average Bonchev–Trinajstić information content (AvgIpc) is 2.89. The third-order valence-corrected chi connectivity index (χ3v) is 3.66. The second-order valence-electron chi connectivity index (χ2n) is 5.75. The molecule has 1 heterocycles.